The molecule has 1 atom stereocenters. The first-order valence-electron chi connectivity index (χ1n) is 8.38. The minimum atomic E-state index is -1.07. The molecule has 1 saturated heterocycles. The topological polar surface area (TPSA) is 87.1 Å². The number of hydrogen-bond acceptors (Lipinski definition) is 6. The number of thiophene rings is 1. The fraction of sp³-hybridized carbons (Fsp3) is 0.278. The van der Waals surface area contributed by atoms with Crippen LogP contribution in [-0.2, 0) is 0 Å². The van der Waals surface area contributed by atoms with Gasteiger partial charge in [-0.3, -0.25) is 0 Å². The third-order valence-corrected chi connectivity index (χ3v) is 5.86. The molecule has 1 fully saturated rings. The van der Waals surface area contributed by atoms with Crippen LogP contribution < -0.4 is 10.6 Å². The lowest BCUT2D eigenvalue weighted by atomic mass is 10.1. The third kappa shape index (κ3) is 3.38. The van der Waals surface area contributed by atoms with Gasteiger partial charge >= 0.3 is 5.97 Å². The van der Waals surface area contributed by atoms with Crippen LogP contribution in [0.25, 0.3) is 20.5 Å². The van der Waals surface area contributed by atoms with Crippen LogP contribution in [0.5, 0.6) is 0 Å². The Hall–Kier alpha value is -2.22. The number of aromatic nitrogens is 2. The molecular weight excluding hydrogens is 372 g/mol. The molecule has 1 aliphatic heterocycles. The van der Waals surface area contributed by atoms with Crippen molar-refractivity contribution in [2.24, 2.45) is 0 Å². The maximum Gasteiger partial charge on any atom is 0.357 e. The predicted octanol–water partition coefficient (Wildman–Crippen LogP) is 3.87. The Morgan fingerprint density at radius 2 is 2.12 bits per heavy atom. The number of halogens is 1. The molecule has 8 heteroatoms. The Morgan fingerprint density at radius 1 is 1.31 bits per heavy atom. The number of anilines is 1. The summed E-state index contributed by atoms with van der Waals surface area (Å²) in [7, 11) is 0. The third-order valence-electron chi connectivity index (χ3n) is 4.42. The molecule has 3 aromatic rings. The summed E-state index contributed by atoms with van der Waals surface area (Å²) in [5, 5.41) is 25.8. The van der Waals surface area contributed by atoms with Gasteiger partial charge in [-0.1, -0.05) is 23.7 Å². The molecule has 134 valence electrons. The lowest BCUT2D eigenvalue weighted by Crippen LogP contribution is -2.38. The number of aromatic carboxylic acids is 1. The highest BCUT2D eigenvalue weighted by molar-refractivity contribution is 7.22. The van der Waals surface area contributed by atoms with Gasteiger partial charge in [-0.25, -0.2) is 4.79 Å². The van der Waals surface area contributed by atoms with Gasteiger partial charge in [0.15, 0.2) is 11.5 Å². The standard InChI is InChI=1S/C18H17ClN4O2S/c19-11-5-3-10(4-6-11)14-8-13-16(26-14)15(18(24)25)22-23-17(13)21-12-2-1-7-20-9-12/h3-6,8,12,20H,1-2,7,9H2,(H,21,23)(H,24,25). The van der Waals surface area contributed by atoms with E-state index in [0.29, 0.717) is 15.5 Å². The number of nitrogens with one attached hydrogen (secondary N) is 2. The molecule has 1 aliphatic rings. The molecule has 6 nitrogen and oxygen atoms in total. The van der Waals surface area contributed by atoms with E-state index in [1.54, 1.807) is 0 Å². The van der Waals surface area contributed by atoms with Crippen molar-refractivity contribution < 1.29 is 9.90 Å². The zero-order valence-electron chi connectivity index (χ0n) is 13.8. The first kappa shape index (κ1) is 17.2. The average molecular weight is 389 g/mol. The van der Waals surface area contributed by atoms with Crippen LogP contribution in [0.2, 0.25) is 5.02 Å². The summed E-state index contributed by atoms with van der Waals surface area (Å²) < 4.78 is 0.628. The Kier molecular flexibility index (Phi) is 4.76. The summed E-state index contributed by atoms with van der Waals surface area (Å²) in [6, 6.07) is 9.73. The highest BCUT2D eigenvalue weighted by Gasteiger charge is 2.21. The van der Waals surface area contributed by atoms with Gasteiger partial charge in [-0.05, 0) is 43.1 Å². The molecule has 3 heterocycles. The predicted molar refractivity (Wildman–Crippen MR) is 104 cm³/mol. The average Bonchev–Trinajstić information content (AvgIpc) is 3.09. The number of carboxylic acid groups (broad SMARTS) is 1. The molecule has 1 unspecified atom stereocenters. The summed E-state index contributed by atoms with van der Waals surface area (Å²) in [5.74, 6) is -0.437. The number of nitrogens with zero attached hydrogens (tertiary/aromatic N) is 2. The highest BCUT2D eigenvalue weighted by atomic mass is 35.5. The second-order valence-corrected chi connectivity index (χ2v) is 7.74. The summed E-state index contributed by atoms with van der Waals surface area (Å²) in [6.45, 7) is 1.88. The Labute approximate surface area is 159 Å². The summed E-state index contributed by atoms with van der Waals surface area (Å²) in [6.07, 6.45) is 2.14. The normalized spacial score (nSPS) is 17.3. The van der Waals surface area contributed by atoms with Crippen molar-refractivity contribution in [1.29, 1.82) is 0 Å². The van der Waals surface area contributed by atoms with Gasteiger partial charge < -0.3 is 15.7 Å². The molecule has 0 bridgehead atoms. The number of carboxylic acids is 1. The molecule has 2 aromatic heterocycles. The minimum Gasteiger partial charge on any atom is -0.476 e. The molecule has 0 amide bonds. The van der Waals surface area contributed by atoms with Gasteiger partial charge in [-0.15, -0.1) is 21.5 Å². The molecule has 1 aromatic carbocycles. The van der Waals surface area contributed by atoms with E-state index in [0.717, 1.165) is 41.8 Å². The Balaban J connectivity index is 1.78. The number of hydrogen-bond donors (Lipinski definition) is 3. The van der Waals surface area contributed by atoms with Gasteiger partial charge in [0.05, 0.1) is 4.70 Å². The number of fused-ring (bicyclic) bond motifs is 1. The van der Waals surface area contributed by atoms with Crippen molar-refractivity contribution >= 4 is 44.8 Å². The van der Waals surface area contributed by atoms with Gasteiger partial charge in [-0.2, -0.15) is 0 Å². The van der Waals surface area contributed by atoms with Crippen molar-refractivity contribution in [1.82, 2.24) is 15.5 Å². The van der Waals surface area contributed by atoms with Crippen molar-refractivity contribution in [2.45, 2.75) is 18.9 Å². The second kappa shape index (κ2) is 7.19. The molecule has 3 N–H and O–H groups in total. The zero-order valence-corrected chi connectivity index (χ0v) is 15.4. The van der Waals surface area contributed by atoms with Gasteiger partial charge in [0.1, 0.15) is 0 Å². The summed E-state index contributed by atoms with van der Waals surface area (Å²) in [5.41, 5.74) is 0.967. The van der Waals surface area contributed by atoms with Crippen molar-refractivity contribution in [2.75, 3.05) is 18.4 Å². The molecule has 4 rings (SSSR count). The van der Waals surface area contributed by atoms with E-state index < -0.39 is 5.97 Å². The Bertz CT molecular complexity index is 952. The maximum atomic E-state index is 11.6. The SMILES string of the molecule is O=C(O)c1nnc(NC2CCCNC2)c2cc(-c3ccc(Cl)cc3)sc12. The largest absolute Gasteiger partial charge is 0.476 e. The first-order chi connectivity index (χ1) is 12.6. The van der Waals surface area contributed by atoms with Crippen molar-refractivity contribution in [3.05, 3.63) is 41.0 Å². The lowest BCUT2D eigenvalue weighted by Gasteiger charge is -2.24. The zero-order chi connectivity index (χ0) is 18.1. The van der Waals surface area contributed by atoms with Crippen LogP contribution in [0.1, 0.15) is 23.3 Å². The van der Waals surface area contributed by atoms with Gasteiger partial charge in [0.25, 0.3) is 0 Å². The molecule has 0 aliphatic carbocycles. The second-order valence-electron chi connectivity index (χ2n) is 6.25. The van der Waals surface area contributed by atoms with E-state index in [1.165, 1.54) is 11.3 Å². The number of carbonyl (C=O) groups is 1. The van der Waals surface area contributed by atoms with Crippen molar-refractivity contribution in [3.63, 3.8) is 0 Å². The van der Waals surface area contributed by atoms with E-state index in [-0.39, 0.29) is 11.7 Å². The van der Waals surface area contributed by atoms with E-state index in [1.807, 2.05) is 30.3 Å². The maximum absolute atomic E-state index is 11.6. The fourth-order valence-electron chi connectivity index (χ4n) is 3.11. The highest BCUT2D eigenvalue weighted by Crippen LogP contribution is 2.38. The molecule has 0 radical (unpaired) electrons. The lowest BCUT2D eigenvalue weighted by molar-refractivity contribution is 0.0692. The molecule has 0 saturated carbocycles. The quantitative estimate of drug-likeness (QED) is 0.628. The van der Waals surface area contributed by atoms with Crippen LogP contribution in [0, 0.1) is 0 Å². The van der Waals surface area contributed by atoms with Crippen molar-refractivity contribution in [3.8, 4) is 10.4 Å². The minimum absolute atomic E-state index is 0.0162. The van der Waals surface area contributed by atoms with E-state index in [4.69, 9.17) is 11.6 Å². The van der Waals surface area contributed by atoms with Crippen LogP contribution in [0.4, 0.5) is 5.82 Å². The fourth-order valence-corrected chi connectivity index (χ4v) is 4.38. The monoisotopic (exact) mass is 388 g/mol. The number of benzene rings is 1. The summed E-state index contributed by atoms with van der Waals surface area (Å²) >= 11 is 7.37. The van der Waals surface area contributed by atoms with Crippen LogP contribution in [-0.4, -0.2) is 40.4 Å². The smallest absolute Gasteiger partial charge is 0.357 e. The van der Waals surface area contributed by atoms with Gasteiger partial charge in [0.2, 0.25) is 0 Å². The number of rotatable bonds is 4. The Morgan fingerprint density at radius 3 is 2.81 bits per heavy atom. The van der Waals surface area contributed by atoms with E-state index >= 15 is 0 Å². The van der Waals surface area contributed by atoms with Crippen LogP contribution >= 0.6 is 22.9 Å². The molecule has 0 spiro atoms. The van der Waals surface area contributed by atoms with E-state index in [9.17, 15) is 9.90 Å². The first-order valence-corrected chi connectivity index (χ1v) is 9.58. The number of piperidine rings is 1. The van der Waals surface area contributed by atoms with Crippen LogP contribution in [0.3, 0.4) is 0 Å². The molecular formula is C18H17ClN4O2S. The van der Waals surface area contributed by atoms with E-state index in [2.05, 4.69) is 20.8 Å². The summed E-state index contributed by atoms with van der Waals surface area (Å²) in [4.78, 5) is 12.5. The molecule has 26 heavy (non-hydrogen) atoms. The van der Waals surface area contributed by atoms with Gasteiger partial charge in [0, 0.05) is 27.9 Å². The van der Waals surface area contributed by atoms with Crippen LogP contribution in [0.15, 0.2) is 30.3 Å².